The first kappa shape index (κ1) is 14.9. The maximum atomic E-state index is 11.7. The highest BCUT2D eigenvalue weighted by Crippen LogP contribution is 2.36. The third kappa shape index (κ3) is 2.32. The zero-order valence-corrected chi connectivity index (χ0v) is 10.7. The maximum Gasteiger partial charge on any atom is 0.488 e. The predicted molar refractivity (Wildman–Crippen MR) is 66.8 cm³/mol. The van der Waals surface area contributed by atoms with E-state index in [9.17, 15) is 24.7 Å². The molecule has 110 valence electrons. The van der Waals surface area contributed by atoms with E-state index in [0.29, 0.717) is 0 Å². The third-order valence-corrected chi connectivity index (χ3v) is 3.45. The average molecular weight is 286 g/mol. The molecule has 0 saturated carbocycles. The lowest BCUT2D eigenvalue weighted by atomic mass is 9.64. The predicted octanol–water partition coefficient (Wildman–Crippen LogP) is -3.13. The Morgan fingerprint density at radius 2 is 2.20 bits per heavy atom. The molecular weight excluding hydrogens is 271 g/mol. The van der Waals surface area contributed by atoms with Crippen LogP contribution in [-0.2, 0) is 4.74 Å². The summed E-state index contributed by atoms with van der Waals surface area (Å²) in [5, 5.41) is 37.7. The van der Waals surface area contributed by atoms with Crippen LogP contribution in [0.25, 0.3) is 0 Å². The van der Waals surface area contributed by atoms with E-state index in [0.717, 1.165) is 4.57 Å². The molecule has 1 fully saturated rings. The Morgan fingerprint density at radius 3 is 2.70 bits per heavy atom. The second-order valence-corrected chi connectivity index (χ2v) is 4.81. The van der Waals surface area contributed by atoms with Gasteiger partial charge in [-0.3, -0.25) is 14.3 Å². The summed E-state index contributed by atoms with van der Waals surface area (Å²) < 4.78 is 6.30. The fourth-order valence-corrected chi connectivity index (χ4v) is 2.20. The van der Waals surface area contributed by atoms with E-state index in [1.807, 2.05) is 0 Å². The number of rotatable bonds is 3. The molecule has 1 aromatic rings. The second kappa shape index (κ2) is 5.15. The van der Waals surface area contributed by atoms with Gasteiger partial charge in [0.2, 0.25) is 0 Å². The molecule has 9 nitrogen and oxygen atoms in total. The molecule has 2 heterocycles. The van der Waals surface area contributed by atoms with Gasteiger partial charge in [-0.15, -0.1) is 0 Å². The van der Waals surface area contributed by atoms with Crippen LogP contribution in [-0.4, -0.2) is 55.1 Å². The van der Waals surface area contributed by atoms with E-state index in [4.69, 9.17) is 9.84 Å². The van der Waals surface area contributed by atoms with Gasteiger partial charge < -0.3 is 25.0 Å². The average Bonchev–Trinajstić information content (AvgIpc) is 2.72. The first-order valence-electron chi connectivity index (χ1n) is 5.96. The topological polar surface area (TPSA) is 145 Å². The van der Waals surface area contributed by atoms with Gasteiger partial charge in [0.15, 0.2) is 0 Å². The van der Waals surface area contributed by atoms with Crippen LogP contribution in [0.2, 0.25) is 0 Å². The van der Waals surface area contributed by atoms with Crippen molar-refractivity contribution in [3.05, 3.63) is 32.6 Å². The van der Waals surface area contributed by atoms with Crippen LogP contribution in [0.15, 0.2) is 15.8 Å². The van der Waals surface area contributed by atoms with Gasteiger partial charge in [0.05, 0.1) is 6.61 Å². The number of hydrogen-bond donors (Lipinski definition) is 5. The monoisotopic (exact) mass is 286 g/mol. The zero-order chi connectivity index (χ0) is 15.1. The van der Waals surface area contributed by atoms with Gasteiger partial charge in [0.25, 0.3) is 5.56 Å². The lowest BCUT2D eigenvalue weighted by Crippen LogP contribution is -2.54. The quantitative estimate of drug-likeness (QED) is 0.369. The molecule has 2 rings (SSSR count). The van der Waals surface area contributed by atoms with E-state index in [2.05, 4.69) is 4.98 Å². The fourth-order valence-electron chi connectivity index (χ4n) is 2.20. The molecule has 1 aliphatic heterocycles. The standard InChI is InChI=1S/C10H15BN2O7/c1-5-3-13(9(16)12-8(5)15)7-2-10(17,11(18)19)6(4-14)20-7/h3,6-7,14,17-19H,2,4H2,1H3,(H,12,15,16)/t6-,7-,10+/m1/s1. The summed E-state index contributed by atoms with van der Waals surface area (Å²) in [6, 6.07) is 0. The smallest absolute Gasteiger partial charge is 0.425 e. The lowest BCUT2D eigenvalue weighted by Gasteiger charge is -2.25. The van der Waals surface area contributed by atoms with Crippen molar-refractivity contribution in [2.24, 2.45) is 0 Å². The lowest BCUT2D eigenvalue weighted by molar-refractivity contribution is -0.0643. The molecule has 0 radical (unpaired) electrons. The molecule has 1 saturated heterocycles. The normalized spacial score (nSPS) is 29.6. The summed E-state index contributed by atoms with van der Waals surface area (Å²) in [5.74, 6) is 0. The van der Waals surface area contributed by atoms with Crippen LogP contribution in [0.5, 0.6) is 0 Å². The number of nitrogens with zero attached hydrogens (tertiary/aromatic N) is 1. The maximum absolute atomic E-state index is 11.7. The van der Waals surface area contributed by atoms with E-state index >= 15 is 0 Å². The van der Waals surface area contributed by atoms with E-state index in [1.54, 1.807) is 0 Å². The second-order valence-electron chi connectivity index (χ2n) is 4.81. The van der Waals surface area contributed by atoms with Crippen LogP contribution in [0.4, 0.5) is 0 Å². The van der Waals surface area contributed by atoms with Crippen LogP contribution in [0.3, 0.4) is 0 Å². The number of aliphatic hydroxyl groups excluding tert-OH is 1. The van der Waals surface area contributed by atoms with Crippen molar-refractivity contribution in [3.63, 3.8) is 0 Å². The largest absolute Gasteiger partial charge is 0.488 e. The van der Waals surface area contributed by atoms with Gasteiger partial charge >= 0.3 is 12.8 Å². The van der Waals surface area contributed by atoms with Gasteiger partial charge in [-0.1, -0.05) is 0 Å². The van der Waals surface area contributed by atoms with Crippen LogP contribution >= 0.6 is 0 Å². The Balaban J connectivity index is 2.40. The van der Waals surface area contributed by atoms with Crippen molar-refractivity contribution in [2.45, 2.75) is 31.2 Å². The summed E-state index contributed by atoms with van der Waals surface area (Å²) in [7, 11) is -2.13. The molecule has 10 heteroatoms. The number of aryl methyl sites for hydroxylation is 1. The number of ether oxygens (including phenoxy) is 1. The minimum Gasteiger partial charge on any atom is -0.425 e. The Bertz CT molecular complexity index is 612. The number of hydrogen-bond acceptors (Lipinski definition) is 7. The number of aliphatic hydroxyl groups is 2. The van der Waals surface area contributed by atoms with E-state index in [1.165, 1.54) is 13.1 Å². The summed E-state index contributed by atoms with van der Waals surface area (Å²) in [6.07, 6.45) is -1.36. The molecule has 1 aliphatic rings. The number of nitrogens with one attached hydrogen (secondary N) is 1. The summed E-state index contributed by atoms with van der Waals surface area (Å²) >= 11 is 0. The van der Waals surface area contributed by atoms with Gasteiger partial charge in [0, 0.05) is 18.2 Å². The molecule has 0 aromatic carbocycles. The first-order chi connectivity index (χ1) is 9.29. The van der Waals surface area contributed by atoms with Gasteiger partial charge in [-0.05, 0) is 6.92 Å². The number of H-pyrrole nitrogens is 1. The summed E-state index contributed by atoms with van der Waals surface area (Å²) in [4.78, 5) is 25.1. The molecule has 0 aliphatic carbocycles. The molecular formula is C10H15BN2O7. The Morgan fingerprint density at radius 1 is 1.55 bits per heavy atom. The van der Waals surface area contributed by atoms with E-state index < -0.39 is 42.8 Å². The Hall–Kier alpha value is -1.46. The third-order valence-electron chi connectivity index (χ3n) is 3.45. The Labute approximate surface area is 113 Å². The fraction of sp³-hybridized carbons (Fsp3) is 0.600. The van der Waals surface area contributed by atoms with Gasteiger partial charge in [0.1, 0.15) is 17.8 Å². The van der Waals surface area contributed by atoms with Crippen molar-refractivity contribution in [1.29, 1.82) is 0 Å². The van der Waals surface area contributed by atoms with Gasteiger partial charge in [-0.2, -0.15) is 0 Å². The molecule has 0 unspecified atom stereocenters. The molecule has 0 amide bonds. The zero-order valence-electron chi connectivity index (χ0n) is 10.7. The Kier molecular flexibility index (Phi) is 3.85. The minimum atomic E-state index is -2.13. The van der Waals surface area contributed by atoms with Crippen molar-refractivity contribution in [3.8, 4) is 0 Å². The van der Waals surface area contributed by atoms with Crippen LogP contribution < -0.4 is 11.2 Å². The van der Waals surface area contributed by atoms with Crippen LogP contribution in [0.1, 0.15) is 18.2 Å². The minimum absolute atomic E-state index is 0.258. The molecule has 20 heavy (non-hydrogen) atoms. The summed E-state index contributed by atoms with van der Waals surface area (Å²) in [6.45, 7) is 0.835. The molecule has 3 atom stereocenters. The molecule has 1 aromatic heterocycles. The molecule has 0 spiro atoms. The van der Waals surface area contributed by atoms with Crippen molar-refractivity contribution < 1.29 is 25.0 Å². The van der Waals surface area contributed by atoms with Crippen molar-refractivity contribution in [1.82, 2.24) is 9.55 Å². The molecule has 5 N–H and O–H groups in total. The summed E-state index contributed by atoms with van der Waals surface area (Å²) in [5.41, 5.74) is -3.13. The number of aromatic amines is 1. The van der Waals surface area contributed by atoms with Crippen LogP contribution in [0, 0.1) is 6.92 Å². The van der Waals surface area contributed by atoms with Crippen molar-refractivity contribution in [2.75, 3.05) is 6.61 Å². The highest BCUT2D eigenvalue weighted by Gasteiger charge is 2.55. The highest BCUT2D eigenvalue weighted by molar-refractivity contribution is 6.45. The number of aromatic nitrogens is 2. The molecule has 0 bridgehead atoms. The SMILES string of the molecule is Cc1cn([C@H]2C[C@@](O)(B(O)O)[C@@H](CO)O2)c(=O)[nH]c1=O. The first-order valence-corrected chi connectivity index (χ1v) is 5.96. The van der Waals surface area contributed by atoms with Crippen molar-refractivity contribution >= 4 is 7.12 Å². The highest BCUT2D eigenvalue weighted by atomic mass is 16.6. The van der Waals surface area contributed by atoms with E-state index in [-0.39, 0.29) is 12.0 Å². The van der Waals surface area contributed by atoms with Gasteiger partial charge in [-0.25, -0.2) is 4.79 Å².